The Morgan fingerprint density at radius 2 is 2.00 bits per heavy atom. The molecule has 0 radical (unpaired) electrons. The van der Waals surface area contributed by atoms with Crippen LogP contribution < -0.4 is 5.56 Å². The molecule has 0 atom stereocenters. The highest BCUT2D eigenvalue weighted by molar-refractivity contribution is 5.95. The molecule has 3 nitrogen and oxygen atoms in total. The fourth-order valence-electron chi connectivity index (χ4n) is 1.63. The van der Waals surface area contributed by atoms with E-state index in [1.54, 1.807) is 24.6 Å². The number of carbonyl (C=O) groups is 1. The topological polar surface area (TPSA) is 39.1 Å². The molecule has 0 spiro atoms. The Kier molecular flexibility index (Phi) is 3.45. The quantitative estimate of drug-likeness (QED) is 0.712. The van der Waals surface area contributed by atoms with Gasteiger partial charge in [-0.1, -0.05) is 20.8 Å². The minimum absolute atomic E-state index is 0.0918. The molecule has 1 aromatic heterocycles. The lowest BCUT2D eigenvalue weighted by molar-refractivity contribution is 0.0986. The Labute approximate surface area is 89.7 Å². The van der Waals surface area contributed by atoms with Crippen molar-refractivity contribution < 1.29 is 4.79 Å². The van der Waals surface area contributed by atoms with E-state index >= 15 is 0 Å². The number of nitrogens with zero attached hydrogens (tertiary/aromatic N) is 1. The zero-order valence-electron chi connectivity index (χ0n) is 9.70. The Bertz CT molecular complexity index is 430. The summed E-state index contributed by atoms with van der Waals surface area (Å²) in [5.74, 6) is 0.194. The fraction of sp³-hybridized carbons (Fsp3) is 0.500. The van der Waals surface area contributed by atoms with E-state index in [2.05, 4.69) is 0 Å². The van der Waals surface area contributed by atoms with Crippen LogP contribution in [0.15, 0.2) is 16.9 Å². The van der Waals surface area contributed by atoms with Gasteiger partial charge < -0.3 is 4.57 Å². The van der Waals surface area contributed by atoms with Crippen molar-refractivity contribution in [2.24, 2.45) is 7.05 Å². The highest BCUT2D eigenvalue weighted by Crippen LogP contribution is 2.12. The first-order chi connectivity index (χ1) is 6.99. The number of hydrogen-bond acceptors (Lipinski definition) is 2. The van der Waals surface area contributed by atoms with Crippen LogP contribution in [0.25, 0.3) is 0 Å². The summed E-state index contributed by atoms with van der Waals surface area (Å²) in [5.41, 5.74) is 1.06. The van der Waals surface area contributed by atoms with Crippen molar-refractivity contribution in [3.8, 4) is 0 Å². The molecule has 3 heteroatoms. The van der Waals surface area contributed by atoms with Crippen molar-refractivity contribution in [3.63, 3.8) is 0 Å². The van der Waals surface area contributed by atoms with Crippen molar-refractivity contribution in [1.82, 2.24) is 4.57 Å². The first-order valence-electron chi connectivity index (χ1n) is 5.22. The molecule has 0 aliphatic rings. The largest absolute Gasteiger partial charge is 0.315 e. The lowest BCUT2D eigenvalue weighted by Crippen LogP contribution is -2.26. The van der Waals surface area contributed by atoms with E-state index in [-0.39, 0.29) is 17.3 Å². The van der Waals surface area contributed by atoms with Crippen LogP contribution in [-0.4, -0.2) is 10.4 Å². The summed E-state index contributed by atoms with van der Waals surface area (Å²) in [4.78, 5) is 23.3. The number of Topliss-reactive ketones (excluding diaryl/α,β-unsaturated/α-hetero) is 1. The lowest BCUT2D eigenvalue weighted by atomic mass is 10.1. The molecule has 0 saturated heterocycles. The van der Waals surface area contributed by atoms with E-state index in [1.807, 2.05) is 19.9 Å². The maximum absolute atomic E-state index is 11.8. The van der Waals surface area contributed by atoms with Gasteiger partial charge in [0.15, 0.2) is 5.78 Å². The number of aromatic nitrogens is 1. The number of pyridine rings is 1. The predicted octanol–water partition coefficient (Wildman–Crippen LogP) is 2.10. The third-order valence-electron chi connectivity index (χ3n) is 2.56. The Morgan fingerprint density at radius 3 is 2.47 bits per heavy atom. The molecule has 0 fully saturated rings. The van der Waals surface area contributed by atoms with Crippen LogP contribution in [0.4, 0.5) is 0 Å². The second-order valence-electron chi connectivity index (χ2n) is 3.97. The van der Waals surface area contributed by atoms with Gasteiger partial charge in [0.2, 0.25) is 0 Å². The van der Waals surface area contributed by atoms with Crippen LogP contribution in [0.5, 0.6) is 0 Å². The van der Waals surface area contributed by atoms with E-state index in [4.69, 9.17) is 0 Å². The van der Waals surface area contributed by atoms with Gasteiger partial charge in [0.05, 0.1) is 5.56 Å². The normalized spacial score (nSPS) is 10.7. The molecule has 1 rings (SSSR count). The molecule has 0 aliphatic heterocycles. The van der Waals surface area contributed by atoms with Gasteiger partial charge in [-0.15, -0.1) is 0 Å². The average molecular weight is 207 g/mol. The predicted molar refractivity (Wildman–Crippen MR) is 60.4 cm³/mol. The van der Waals surface area contributed by atoms with Gasteiger partial charge in [-0.3, -0.25) is 9.59 Å². The summed E-state index contributed by atoms with van der Waals surface area (Å²) in [6, 6.07) is 3.50. The van der Waals surface area contributed by atoms with Crippen molar-refractivity contribution in [2.75, 3.05) is 0 Å². The zero-order valence-corrected chi connectivity index (χ0v) is 9.70. The lowest BCUT2D eigenvalue weighted by Gasteiger charge is -2.12. The molecule has 0 unspecified atom stereocenters. The number of carbonyl (C=O) groups excluding carboxylic acids is 1. The minimum Gasteiger partial charge on any atom is -0.315 e. The summed E-state index contributed by atoms with van der Waals surface area (Å²) in [5, 5.41) is 0. The summed E-state index contributed by atoms with van der Waals surface area (Å²) in [7, 11) is 1.71. The van der Waals surface area contributed by atoms with Gasteiger partial charge in [-0.25, -0.2) is 0 Å². The standard InChI is InChI=1S/C12H17NO2/c1-5-11(14)9-6-7-10(8(2)3)13(4)12(9)15/h6-8H,5H2,1-4H3. The van der Waals surface area contributed by atoms with E-state index in [9.17, 15) is 9.59 Å². The molecule has 1 heterocycles. The third-order valence-corrected chi connectivity index (χ3v) is 2.56. The summed E-state index contributed by atoms with van der Waals surface area (Å²) in [6.07, 6.45) is 0.371. The fourth-order valence-corrected chi connectivity index (χ4v) is 1.63. The summed E-state index contributed by atoms with van der Waals surface area (Å²) in [6.45, 7) is 5.81. The smallest absolute Gasteiger partial charge is 0.261 e. The third kappa shape index (κ3) is 2.17. The van der Waals surface area contributed by atoms with Crippen LogP contribution in [0, 0.1) is 0 Å². The Balaban J connectivity index is 3.34. The second kappa shape index (κ2) is 4.43. The molecule has 0 bridgehead atoms. The van der Waals surface area contributed by atoms with Gasteiger partial charge in [-0.2, -0.15) is 0 Å². The first-order valence-corrected chi connectivity index (χ1v) is 5.22. The average Bonchev–Trinajstić information content (AvgIpc) is 2.20. The van der Waals surface area contributed by atoms with E-state index in [0.29, 0.717) is 12.0 Å². The van der Waals surface area contributed by atoms with Crippen LogP contribution >= 0.6 is 0 Å². The van der Waals surface area contributed by atoms with Gasteiger partial charge >= 0.3 is 0 Å². The number of rotatable bonds is 3. The maximum atomic E-state index is 11.8. The van der Waals surface area contributed by atoms with Crippen molar-refractivity contribution in [3.05, 3.63) is 33.7 Å². The monoisotopic (exact) mass is 207 g/mol. The molecule has 0 N–H and O–H groups in total. The number of ketones is 1. The minimum atomic E-state index is -0.187. The van der Waals surface area contributed by atoms with Crippen LogP contribution in [0.2, 0.25) is 0 Å². The van der Waals surface area contributed by atoms with Crippen LogP contribution in [-0.2, 0) is 7.05 Å². The molecule has 1 aromatic rings. The molecular formula is C12H17NO2. The molecular weight excluding hydrogens is 190 g/mol. The molecule has 15 heavy (non-hydrogen) atoms. The van der Waals surface area contributed by atoms with Crippen molar-refractivity contribution in [1.29, 1.82) is 0 Å². The summed E-state index contributed by atoms with van der Waals surface area (Å²) < 4.78 is 1.56. The van der Waals surface area contributed by atoms with E-state index in [0.717, 1.165) is 5.69 Å². The van der Waals surface area contributed by atoms with Crippen LogP contribution in [0.1, 0.15) is 49.2 Å². The maximum Gasteiger partial charge on any atom is 0.261 e. The van der Waals surface area contributed by atoms with Gasteiger partial charge in [0.1, 0.15) is 0 Å². The molecule has 0 aromatic carbocycles. The Hall–Kier alpha value is -1.38. The van der Waals surface area contributed by atoms with Gasteiger partial charge in [-0.05, 0) is 18.1 Å². The second-order valence-corrected chi connectivity index (χ2v) is 3.97. The molecule has 0 saturated carbocycles. The highest BCUT2D eigenvalue weighted by atomic mass is 16.1. The SMILES string of the molecule is CCC(=O)c1ccc(C(C)C)n(C)c1=O. The van der Waals surface area contributed by atoms with Crippen molar-refractivity contribution >= 4 is 5.78 Å². The summed E-state index contributed by atoms with van der Waals surface area (Å²) >= 11 is 0. The molecule has 0 amide bonds. The van der Waals surface area contributed by atoms with E-state index < -0.39 is 0 Å². The van der Waals surface area contributed by atoms with Crippen molar-refractivity contribution in [2.45, 2.75) is 33.1 Å². The zero-order chi connectivity index (χ0) is 11.6. The first kappa shape index (κ1) is 11.7. The highest BCUT2D eigenvalue weighted by Gasteiger charge is 2.12. The van der Waals surface area contributed by atoms with E-state index in [1.165, 1.54) is 0 Å². The van der Waals surface area contributed by atoms with Gasteiger partial charge in [0, 0.05) is 19.2 Å². The number of hydrogen-bond donors (Lipinski definition) is 0. The van der Waals surface area contributed by atoms with Crippen LogP contribution in [0.3, 0.4) is 0 Å². The van der Waals surface area contributed by atoms with Gasteiger partial charge in [0.25, 0.3) is 5.56 Å². The molecule has 82 valence electrons. The molecule has 0 aliphatic carbocycles. The Morgan fingerprint density at radius 1 is 1.40 bits per heavy atom.